The van der Waals surface area contributed by atoms with Crippen molar-refractivity contribution in [3.8, 4) is 5.75 Å². The highest BCUT2D eigenvalue weighted by molar-refractivity contribution is 6.06. The summed E-state index contributed by atoms with van der Waals surface area (Å²) in [5, 5.41) is 10.6. The lowest BCUT2D eigenvalue weighted by atomic mass is 9.77. The van der Waals surface area contributed by atoms with E-state index in [2.05, 4.69) is 0 Å². The van der Waals surface area contributed by atoms with Gasteiger partial charge in [0.1, 0.15) is 17.4 Å². The Bertz CT molecular complexity index is 1360. The Morgan fingerprint density at radius 1 is 1.00 bits per heavy atom. The molecule has 9 heteroatoms. The number of likely N-dealkylation sites (N-methyl/N-ethyl adjacent to an activating group) is 1. The maximum atomic E-state index is 14.6. The lowest BCUT2D eigenvalue weighted by Gasteiger charge is -2.38. The zero-order valence-corrected chi connectivity index (χ0v) is 22.6. The van der Waals surface area contributed by atoms with Gasteiger partial charge >= 0.3 is 0 Å². The van der Waals surface area contributed by atoms with Crippen molar-refractivity contribution in [2.75, 3.05) is 38.8 Å². The number of amides is 3. The Balaban J connectivity index is 1.47. The molecule has 4 aliphatic rings. The van der Waals surface area contributed by atoms with E-state index < -0.39 is 35.6 Å². The second-order valence-electron chi connectivity index (χ2n) is 10.8. The quantitative estimate of drug-likeness (QED) is 0.558. The minimum Gasteiger partial charge on any atom is -0.497 e. The van der Waals surface area contributed by atoms with Crippen LogP contribution in [0.1, 0.15) is 5.56 Å². The first-order chi connectivity index (χ1) is 19.4. The normalized spacial score (nSPS) is 30.1. The number of hydrogen-bond donors (Lipinski definition) is 1. The lowest BCUT2D eigenvalue weighted by molar-refractivity contribution is -0.146. The number of anilines is 1. The molecule has 3 amide bonds. The summed E-state index contributed by atoms with van der Waals surface area (Å²) < 4.78 is 12.0. The SMILES string of the molecule is COc1ccc(N2CC=C[C@]34O[C@@H]5C=CCN(C)C(=O)[C@@H]5[C@H]3C(=O)N([C@@H](CO)Cc3ccccc3)C4C2=O)cc1. The van der Waals surface area contributed by atoms with Crippen LogP contribution in [0.15, 0.2) is 78.9 Å². The minimum absolute atomic E-state index is 0.188. The number of fused-ring (bicyclic) bond motifs is 2. The molecule has 1 unspecified atom stereocenters. The molecule has 208 valence electrons. The van der Waals surface area contributed by atoms with E-state index in [-0.39, 0.29) is 30.9 Å². The number of methoxy groups -OCH3 is 1. The van der Waals surface area contributed by atoms with E-state index in [1.54, 1.807) is 48.2 Å². The Morgan fingerprint density at radius 2 is 1.75 bits per heavy atom. The van der Waals surface area contributed by atoms with Gasteiger partial charge in [-0.15, -0.1) is 0 Å². The summed E-state index contributed by atoms with van der Waals surface area (Å²) >= 11 is 0. The molecule has 0 saturated carbocycles. The highest BCUT2D eigenvalue weighted by atomic mass is 16.5. The predicted octanol–water partition coefficient (Wildman–Crippen LogP) is 1.81. The summed E-state index contributed by atoms with van der Waals surface area (Å²) in [6.07, 6.45) is 7.09. The average Bonchev–Trinajstić information content (AvgIpc) is 3.31. The van der Waals surface area contributed by atoms with Crippen molar-refractivity contribution < 1.29 is 29.0 Å². The third-order valence-corrected chi connectivity index (χ3v) is 8.60. The maximum absolute atomic E-state index is 14.6. The van der Waals surface area contributed by atoms with Gasteiger partial charge in [0.05, 0.1) is 37.7 Å². The molecule has 2 aromatic rings. The van der Waals surface area contributed by atoms with E-state index in [0.717, 1.165) is 5.56 Å². The number of carbonyl (C=O) groups excluding carboxylic acids is 3. The highest BCUT2D eigenvalue weighted by Crippen LogP contribution is 2.54. The fraction of sp³-hybridized carbons (Fsp3) is 0.387. The van der Waals surface area contributed by atoms with Crippen LogP contribution in [-0.2, 0) is 25.5 Å². The summed E-state index contributed by atoms with van der Waals surface area (Å²) in [4.78, 5) is 47.3. The summed E-state index contributed by atoms with van der Waals surface area (Å²) in [6, 6.07) is 15.0. The third-order valence-electron chi connectivity index (χ3n) is 8.60. The topological polar surface area (TPSA) is 99.6 Å². The van der Waals surface area contributed by atoms with E-state index in [1.165, 1.54) is 4.90 Å². The van der Waals surface area contributed by atoms with Gasteiger partial charge in [0.2, 0.25) is 11.8 Å². The van der Waals surface area contributed by atoms with Gasteiger partial charge in [0, 0.05) is 25.8 Å². The molecule has 0 bridgehead atoms. The van der Waals surface area contributed by atoms with Crippen molar-refractivity contribution in [2.45, 2.75) is 30.2 Å². The summed E-state index contributed by atoms with van der Waals surface area (Å²) in [5.41, 5.74) is 0.221. The zero-order valence-electron chi connectivity index (χ0n) is 22.6. The molecule has 0 aliphatic carbocycles. The van der Waals surface area contributed by atoms with Crippen LogP contribution in [0.5, 0.6) is 5.75 Å². The van der Waals surface area contributed by atoms with E-state index in [4.69, 9.17) is 9.47 Å². The Kier molecular flexibility index (Phi) is 6.72. The molecular formula is C31H33N3O6. The van der Waals surface area contributed by atoms with Gasteiger partial charge in [-0.3, -0.25) is 14.4 Å². The first kappa shape index (κ1) is 26.3. The standard InChI is InChI=1S/C31H33N3O6/c1-32-16-6-10-24-25(28(32)36)26-29(37)34(22(19-35)18-20-8-4-3-5-9-20)27-30(38)33(17-7-15-31(26,27)40-24)21-11-13-23(39-2)14-12-21/h3-15,22,24-27,35H,16-19H2,1-2H3/t22-,24-,25+,26+,27?,31+/m1/s1. The molecule has 40 heavy (non-hydrogen) atoms. The molecule has 0 radical (unpaired) electrons. The van der Waals surface area contributed by atoms with E-state index in [0.29, 0.717) is 24.4 Å². The first-order valence-corrected chi connectivity index (χ1v) is 13.6. The van der Waals surface area contributed by atoms with Crippen LogP contribution in [0.25, 0.3) is 0 Å². The van der Waals surface area contributed by atoms with Crippen LogP contribution < -0.4 is 9.64 Å². The predicted molar refractivity (Wildman–Crippen MR) is 148 cm³/mol. The van der Waals surface area contributed by atoms with Gasteiger partial charge in [-0.25, -0.2) is 0 Å². The van der Waals surface area contributed by atoms with Gasteiger partial charge in [-0.05, 0) is 36.2 Å². The van der Waals surface area contributed by atoms with Gasteiger partial charge in [-0.1, -0.05) is 54.6 Å². The maximum Gasteiger partial charge on any atom is 0.253 e. The molecule has 1 N–H and O–H groups in total. The average molecular weight is 544 g/mol. The summed E-state index contributed by atoms with van der Waals surface area (Å²) in [5.74, 6) is -1.87. The highest BCUT2D eigenvalue weighted by Gasteiger charge is 2.72. The molecule has 6 atom stereocenters. The number of likely N-dealkylation sites (tertiary alicyclic amines) is 1. The molecule has 4 aliphatic heterocycles. The van der Waals surface area contributed by atoms with Crippen molar-refractivity contribution in [3.05, 3.63) is 84.5 Å². The first-order valence-electron chi connectivity index (χ1n) is 13.6. The number of hydrogen-bond acceptors (Lipinski definition) is 6. The molecule has 4 heterocycles. The fourth-order valence-corrected chi connectivity index (χ4v) is 6.73. The van der Waals surface area contributed by atoms with Crippen LogP contribution >= 0.6 is 0 Å². The van der Waals surface area contributed by atoms with Crippen molar-refractivity contribution in [2.24, 2.45) is 11.8 Å². The Morgan fingerprint density at radius 3 is 2.45 bits per heavy atom. The number of benzene rings is 2. The van der Waals surface area contributed by atoms with Crippen molar-refractivity contribution in [1.82, 2.24) is 9.80 Å². The van der Waals surface area contributed by atoms with Crippen LogP contribution in [0.4, 0.5) is 5.69 Å². The number of nitrogens with zero attached hydrogens (tertiary/aromatic N) is 3. The second-order valence-corrected chi connectivity index (χ2v) is 10.8. The molecule has 0 aromatic heterocycles. The van der Waals surface area contributed by atoms with E-state index in [1.807, 2.05) is 54.6 Å². The van der Waals surface area contributed by atoms with Gasteiger partial charge in [0.25, 0.3) is 5.91 Å². The Labute approximate surface area is 233 Å². The number of aliphatic hydroxyl groups is 1. The van der Waals surface area contributed by atoms with Crippen molar-refractivity contribution in [1.29, 1.82) is 0 Å². The monoisotopic (exact) mass is 543 g/mol. The smallest absolute Gasteiger partial charge is 0.253 e. The number of ether oxygens (including phenoxy) is 2. The third kappa shape index (κ3) is 4.03. The van der Waals surface area contributed by atoms with Gasteiger partial charge in [-0.2, -0.15) is 0 Å². The molecule has 9 nitrogen and oxygen atoms in total. The molecular weight excluding hydrogens is 510 g/mol. The summed E-state index contributed by atoms with van der Waals surface area (Å²) in [7, 11) is 3.29. The molecule has 2 aromatic carbocycles. The largest absolute Gasteiger partial charge is 0.497 e. The van der Waals surface area contributed by atoms with Crippen LogP contribution in [-0.4, -0.2) is 90.3 Å². The number of rotatable bonds is 6. The van der Waals surface area contributed by atoms with Crippen LogP contribution in [0.2, 0.25) is 0 Å². The number of aliphatic hydroxyl groups excluding tert-OH is 1. The fourth-order valence-electron chi connectivity index (χ4n) is 6.73. The van der Waals surface area contributed by atoms with Crippen molar-refractivity contribution >= 4 is 23.4 Å². The van der Waals surface area contributed by atoms with Crippen LogP contribution in [0, 0.1) is 11.8 Å². The lowest BCUT2D eigenvalue weighted by Crippen LogP contribution is -2.58. The van der Waals surface area contributed by atoms with Gasteiger partial charge < -0.3 is 29.3 Å². The molecule has 2 fully saturated rings. The minimum atomic E-state index is -1.35. The van der Waals surface area contributed by atoms with Gasteiger partial charge in [0.15, 0.2) is 0 Å². The Hall–Kier alpha value is -3.95. The zero-order chi connectivity index (χ0) is 28.0. The van der Waals surface area contributed by atoms with E-state index >= 15 is 0 Å². The second kappa shape index (κ2) is 10.2. The van der Waals surface area contributed by atoms with E-state index in [9.17, 15) is 19.5 Å². The number of carbonyl (C=O) groups is 3. The van der Waals surface area contributed by atoms with Crippen molar-refractivity contribution in [3.63, 3.8) is 0 Å². The molecule has 6 rings (SSSR count). The molecule has 1 spiro atoms. The molecule has 2 saturated heterocycles. The van der Waals surface area contributed by atoms with Crippen LogP contribution in [0.3, 0.4) is 0 Å². The summed E-state index contributed by atoms with van der Waals surface area (Å²) in [6.45, 7) is 0.341.